The normalized spacial score (nSPS) is 22.0. The molecule has 5 nitrogen and oxygen atoms in total. The van der Waals surface area contributed by atoms with Gasteiger partial charge < -0.3 is 14.6 Å². The van der Waals surface area contributed by atoms with E-state index in [9.17, 15) is 14.7 Å². The van der Waals surface area contributed by atoms with Crippen LogP contribution >= 0.6 is 11.8 Å². The van der Waals surface area contributed by atoms with Crippen LogP contribution in [0.15, 0.2) is 60.7 Å². The molecule has 136 valence electrons. The van der Waals surface area contributed by atoms with Gasteiger partial charge >= 0.3 is 11.9 Å². The highest BCUT2D eigenvalue weighted by molar-refractivity contribution is 8.00. The van der Waals surface area contributed by atoms with Crippen LogP contribution in [-0.2, 0) is 9.47 Å². The molecule has 1 fully saturated rings. The zero-order valence-corrected chi connectivity index (χ0v) is 14.9. The minimum Gasteiger partial charge on any atom is -0.462 e. The van der Waals surface area contributed by atoms with Crippen molar-refractivity contribution in [1.82, 2.24) is 0 Å². The van der Waals surface area contributed by atoms with Crippen LogP contribution in [0.25, 0.3) is 0 Å². The molecule has 3 atom stereocenters. The first-order valence-electron chi connectivity index (χ1n) is 8.39. The number of benzene rings is 2. The van der Waals surface area contributed by atoms with E-state index in [-0.39, 0.29) is 24.4 Å². The number of hydrogen-bond donors (Lipinski definition) is 1. The first kappa shape index (κ1) is 18.5. The second kappa shape index (κ2) is 8.87. The smallest absolute Gasteiger partial charge is 0.338 e. The van der Waals surface area contributed by atoms with Crippen LogP contribution in [0.4, 0.5) is 0 Å². The molecule has 1 aliphatic heterocycles. The molecular weight excluding hydrogens is 352 g/mol. The molecule has 3 unspecified atom stereocenters. The Morgan fingerprint density at radius 1 is 0.962 bits per heavy atom. The van der Waals surface area contributed by atoms with Gasteiger partial charge in [0.1, 0.15) is 6.10 Å². The lowest BCUT2D eigenvalue weighted by Gasteiger charge is -2.22. The lowest BCUT2D eigenvalue weighted by Crippen LogP contribution is -2.34. The molecule has 0 aliphatic carbocycles. The van der Waals surface area contributed by atoms with Gasteiger partial charge in [-0.15, -0.1) is 0 Å². The number of carbonyl (C=O) groups excluding carboxylic acids is 2. The van der Waals surface area contributed by atoms with Crippen LogP contribution in [0.2, 0.25) is 0 Å². The molecule has 1 saturated heterocycles. The lowest BCUT2D eigenvalue weighted by molar-refractivity contribution is 0.00330. The molecule has 6 heteroatoms. The molecule has 1 N–H and O–H groups in total. The van der Waals surface area contributed by atoms with Crippen LogP contribution in [0, 0.1) is 5.92 Å². The summed E-state index contributed by atoms with van der Waals surface area (Å²) in [5.41, 5.74) is 0.946. The van der Waals surface area contributed by atoms with Gasteiger partial charge in [0.15, 0.2) is 0 Å². The molecule has 0 aromatic heterocycles. The van der Waals surface area contributed by atoms with E-state index in [0.717, 1.165) is 0 Å². The number of esters is 2. The molecule has 2 aromatic rings. The van der Waals surface area contributed by atoms with E-state index in [2.05, 4.69) is 0 Å². The predicted molar refractivity (Wildman–Crippen MR) is 99.2 cm³/mol. The number of aliphatic hydroxyl groups excluding tert-OH is 1. The fourth-order valence-corrected chi connectivity index (χ4v) is 4.20. The molecule has 26 heavy (non-hydrogen) atoms. The van der Waals surface area contributed by atoms with Crippen LogP contribution in [0.1, 0.15) is 20.7 Å². The van der Waals surface area contributed by atoms with Gasteiger partial charge in [-0.1, -0.05) is 36.4 Å². The third-order valence-electron chi connectivity index (χ3n) is 4.29. The first-order valence-corrected chi connectivity index (χ1v) is 9.44. The van der Waals surface area contributed by atoms with Gasteiger partial charge in [-0.2, -0.15) is 11.8 Å². The second-order valence-corrected chi connectivity index (χ2v) is 7.26. The molecule has 0 spiro atoms. The summed E-state index contributed by atoms with van der Waals surface area (Å²) in [5.74, 6) is -0.510. The molecule has 0 bridgehead atoms. The van der Waals surface area contributed by atoms with Crippen molar-refractivity contribution in [3.63, 3.8) is 0 Å². The number of thioether (sulfide) groups is 1. The van der Waals surface area contributed by atoms with Crippen molar-refractivity contribution in [1.29, 1.82) is 0 Å². The number of rotatable bonds is 6. The maximum absolute atomic E-state index is 12.3. The van der Waals surface area contributed by atoms with E-state index in [1.54, 1.807) is 48.5 Å². The minimum atomic E-state index is -0.424. The molecule has 0 saturated carbocycles. The summed E-state index contributed by atoms with van der Waals surface area (Å²) in [4.78, 5) is 24.4. The highest BCUT2D eigenvalue weighted by atomic mass is 32.2. The fraction of sp³-hybridized carbons (Fsp3) is 0.300. The van der Waals surface area contributed by atoms with E-state index in [4.69, 9.17) is 9.47 Å². The average molecular weight is 372 g/mol. The van der Waals surface area contributed by atoms with Crippen molar-refractivity contribution in [2.24, 2.45) is 5.92 Å². The van der Waals surface area contributed by atoms with Crippen molar-refractivity contribution in [2.75, 3.05) is 19.0 Å². The van der Waals surface area contributed by atoms with Gasteiger partial charge in [0.05, 0.1) is 24.3 Å². The third kappa shape index (κ3) is 4.45. The van der Waals surface area contributed by atoms with Gasteiger partial charge in [0, 0.05) is 16.9 Å². The van der Waals surface area contributed by atoms with E-state index in [0.29, 0.717) is 16.9 Å². The van der Waals surface area contributed by atoms with Crippen molar-refractivity contribution in [3.8, 4) is 0 Å². The standard InChI is InChI=1S/C20H20O5S/c21-11-18-16(12-24-19(22)14-7-3-1-4-8-14)17(13-26-18)25-20(23)15-9-5-2-6-10-15/h1-10,16-18,21H,11-13H2. The van der Waals surface area contributed by atoms with Crippen LogP contribution in [-0.4, -0.2) is 47.4 Å². The van der Waals surface area contributed by atoms with Crippen molar-refractivity contribution < 1.29 is 24.2 Å². The summed E-state index contributed by atoms with van der Waals surface area (Å²) in [7, 11) is 0. The van der Waals surface area contributed by atoms with Gasteiger partial charge in [-0.25, -0.2) is 9.59 Å². The van der Waals surface area contributed by atoms with Crippen molar-refractivity contribution >= 4 is 23.7 Å². The van der Waals surface area contributed by atoms with Crippen LogP contribution in [0.5, 0.6) is 0 Å². The molecular formula is C20H20O5S. The monoisotopic (exact) mass is 372 g/mol. The maximum Gasteiger partial charge on any atom is 0.338 e. The Hall–Kier alpha value is -2.31. The first-order chi connectivity index (χ1) is 12.7. The number of ether oxygens (including phenoxy) is 2. The zero-order chi connectivity index (χ0) is 18.4. The second-order valence-electron chi connectivity index (χ2n) is 5.99. The largest absolute Gasteiger partial charge is 0.462 e. The molecule has 0 amide bonds. The minimum absolute atomic E-state index is 0.0579. The SMILES string of the molecule is O=C(OCC1C(OC(=O)c2ccccc2)CSC1CO)c1ccccc1. The Morgan fingerprint density at radius 2 is 1.54 bits per heavy atom. The van der Waals surface area contributed by atoms with Crippen molar-refractivity contribution in [2.45, 2.75) is 11.4 Å². The number of hydrogen-bond acceptors (Lipinski definition) is 6. The van der Waals surface area contributed by atoms with E-state index < -0.39 is 18.0 Å². The number of aliphatic hydroxyl groups is 1. The van der Waals surface area contributed by atoms with Gasteiger partial charge in [-0.3, -0.25) is 0 Å². The topological polar surface area (TPSA) is 72.8 Å². The van der Waals surface area contributed by atoms with E-state index in [1.807, 2.05) is 12.1 Å². The molecule has 1 aliphatic rings. The summed E-state index contributed by atoms with van der Waals surface area (Å²) in [6.07, 6.45) is -0.409. The van der Waals surface area contributed by atoms with Crippen molar-refractivity contribution in [3.05, 3.63) is 71.8 Å². The highest BCUT2D eigenvalue weighted by Gasteiger charge is 2.40. The van der Waals surface area contributed by atoms with Gasteiger partial charge in [0.25, 0.3) is 0 Å². The molecule has 0 radical (unpaired) electrons. The summed E-state index contributed by atoms with van der Waals surface area (Å²) in [6.45, 7) is 0.0380. The van der Waals surface area contributed by atoms with Crippen LogP contribution < -0.4 is 0 Å². The molecule has 2 aromatic carbocycles. The molecule has 1 heterocycles. The Morgan fingerprint density at radius 3 is 2.12 bits per heavy atom. The highest BCUT2D eigenvalue weighted by Crippen LogP contribution is 2.35. The quantitative estimate of drug-likeness (QED) is 0.786. The predicted octanol–water partition coefficient (Wildman–Crippen LogP) is 2.79. The van der Waals surface area contributed by atoms with Gasteiger partial charge in [-0.05, 0) is 24.3 Å². The zero-order valence-electron chi connectivity index (χ0n) is 14.1. The fourth-order valence-electron chi connectivity index (χ4n) is 2.84. The maximum atomic E-state index is 12.3. The Labute approximate surface area is 156 Å². The molecule has 3 rings (SSSR count). The Balaban J connectivity index is 1.62. The van der Waals surface area contributed by atoms with Crippen LogP contribution in [0.3, 0.4) is 0 Å². The summed E-state index contributed by atoms with van der Waals surface area (Å²) < 4.78 is 11.0. The average Bonchev–Trinajstić information content (AvgIpc) is 3.09. The summed E-state index contributed by atoms with van der Waals surface area (Å²) in [5, 5.41) is 9.45. The Kier molecular flexibility index (Phi) is 6.30. The third-order valence-corrected chi connectivity index (χ3v) is 5.74. The lowest BCUT2D eigenvalue weighted by atomic mass is 10.0. The summed E-state index contributed by atoms with van der Waals surface area (Å²) >= 11 is 1.52. The summed E-state index contributed by atoms with van der Waals surface area (Å²) in [6, 6.07) is 17.5. The van der Waals surface area contributed by atoms with E-state index >= 15 is 0 Å². The number of carbonyl (C=O) groups is 2. The Bertz CT molecular complexity index is 734. The van der Waals surface area contributed by atoms with Gasteiger partial charge in [0.2, 0.25) is 0 Å². The van der Waals surface area contributed by atoms with E-state index in [1.165, 1.54) is 11.8 Å².